The molecule has 2 aromatic carbocycles. The number of hydrogen-bond donors (Lipinski definition) is 0. The van der Waals surface area contributed by atoms with Gasteiger partial charge in [-0.3, -0.25) is 14.9 Å². The number of pyridine rings is 1. The number of aromatic nitrogens is 3. The van der Waals surface area contributed by atoms with Crippen LogP contribution in [-0.2, 0) is 0 Å². The second kappa shape index (κ2) is 11.6. The van der Waals surface area contributed by atoms with Crippen LogP contribution in [0.25, 0.3) is 10.9 Å². The highest BCUT2D eigenvalue weighted by Crippen LogP contribution is 2.39. The number of ether oxygens (including phenoxy) is 2. The summed E-state index contributed by atoms with van der Waals surface area (Å²) in [4.78, 5) is 32.6. The lowest BCUT2D eigenvalue weighted by Gasteiger charge is -2.22. The molecule has 4 aromatic rings. The van der Waals surface area contributed by atoms with Crippen LogP contribution in [0.4, 0.5) is 5.69 Å². The molecule has 5 rings (SSSR count). The van der Waals surface area contributed by atoms with Crippen LogP contribution in [0.1, 0.15) is 56.3 Å². The van der Waals surface area contributed by atoms with E-state index in [4.69, 9.17) is 26.1 Å². The van der Waals surface area contributed by atoms with Gasteiger partial charge in [-0.25, -0.2) is 9.97 Å². The maximum absolute atomic E-state index is 13.5. The third kappa shape index (κ3) is 5.75. The van der Waals surface area contributed by atoms with E-state index in [0.29, 0.717) is 34.6 Å². The lowest BCUT2D eigenvalue weighted by Crippen LogP contribution is -2.25. The maximum Gasteiger partial charge on any atom is 0.287 e. The van der Waals surface area contributed by atoms with E-state index >= 15 is 0 Å². The van der Waals surface area contributed by atoms with Gasteiger partial charge in [-0.05, 0) is 49.6 Å². The van der Waals surface area contributed by atoms with Crippen molar-refractivity contribution in [2.24, 2.45) is 5.10 Å². The summed E-state index contributed by atoms with van der Waals surface area (Å²) in [6.07, 6.45) is 7.94. The Balaban J connectivity index is 1.51. The predicted molar refractivity (Wildman–Crippen MR) is 148 cm³/mol. The summed E-state index contributed by atoms with van der Waals surface area (Å²) in [7, 11) is 0. The van der Waals surface area contributed by atoms with Crippen molar-refractivity contribution in [1.82, 2.24) is 14.6 Å². The molecule has 200 valence electrons. The van der Waals surface area contributed by atoms with Crippen molar-refractivity contribution in [2.45, 2.75) is 44.9 Å². The highest BCUT2D eigenvalue weighted by atomic mass is 35.5. The lowest BCUT2D eigenvalue weighted by atomic mass is 9.88. The number of fused-ring (bicyclic) bond motifs is 1. The van der Waals surface area contributed by atoms with Crippen LogP contribution in [-0.4, -0.2) is 32.4 Å². The van der Waals surface area contributed by atoms with E-state index in [1.54, 1.807) is 24.4 Å². The zero-order valence-electron chi connectivity index (χ0n) is 21.2. The van der Waals surface area contributed by atoms with Gasteiger partial charge in [0.2, 0.25) is 5.88 Å². The molecule has 2 aromatic heterocycles. The topological polar surface area (TPSA) is 122 Å². The number of para-hydroxylation sites is 1. The first kappa shape index (κ1) is 26.3. The standard InChI is InChI=1S/C28H26ClN5O5/c1-2-38-24-15-18(14-22(29)26(24)39-25-13-12-20(17-30-25)34(36)37)16-31-33-27(19-8-4-3-5-9-19)32-23-11-7-6-10-21(23)28(33)35/h6-7,10-17,19H,2-5,8-9H2,1H3. The number of halogens is 1. The fourth-order valence-electron chi connectivity index (χ4n) is 4.67. The molecule has 0 N–H and O–H groups in total. The van der Waals surface area contributed by atoms with E-state index in [0.717, 1.165) is 31.9 Å². The summed E-state index contributed by atoms with van der Waals surface area (Å²) in [5.74, 6) is 1.49. The molecule has 0 atom stereocenters. The number of nitrogens with zero attached hydrogens (tertiary/aromatic N) is 5. The van der Waals surface area contributed by atoms with E-state index in [-0.39, 0.29) is 33.8 Å². The smallest absolute Gasteiger partial charge is 0.287 e. The molecular formula is C28H26ClN5O5. The monoisotopic (exact) mass is 547 g/mol. The average Bonchev–Trinajstić information content (AvgIpc) is 2.95. The van der Waals surface area contributed by atoms with Crippen LogP contribution in [0.5, 0.6) is 17.4 Å². The van der Waals surface area contributed by atoms with E-state index in [1.807, 2.05) is 25.1 Å². The van der Waals surface area contributed by atoms with Crippen molar-refractivity contribution in [2.75, 3.05) is 6.61 Å². The fourth-order valence-corrected chi connectivity index (χ4v) is 4.93. The molecule has 10 nitrogen and oxygen atoms in total. The highest BCUT2D eigenvalue weighted by molar-refractivity contribution is 6.32. The Bertz CT molecular complexity index is 1600. The molecule has 2 heterocycles. The van der Waals surface area contributed by atoms with Crippen LogP contribution in [0.3, 0.4) is 0 Å². The van der Waals surface area contributed by atoms with Gasteiger partial charge in [0.05, 0.1) is 33.7 Å². The Morgan fingerprint density at radius 1 is 1.18 bits per heavy atom. The SMILES string of the molecule is CCOc1cc(C=Nn2c(C3CCCCC3)nc3ccccc3c2=O)cc(Cl)c1Oc1ccc([N+](=O)[O-])cn1. The summed E-state index contributed by atoms with van der Waals surface area (Å²) >= 11 is 6.56. The summed E-state index contributed by atoms with van der Waals surface area (Å²) < 4.78 is 13.0. The molecule has 0 unspecified atom stereocenters. The van der Waals surface area contributed by atoms with Crippen LogP contribution in [0, 0.1) is 10.1 Å². The first-order chi connectivity index (χ1) is 18.9. The van der Waals surface area contributed by atoms with Crippen LogP contribution in [0.15, 0.2) is 64.6 Å². The van der Waals surface area contributed by atoms with Crippen LogP contribution >= 0.6 is 11.6 Å². The van der Waals surface area contributed by atoms with Gasteiger partial charge in [0, 0.05) is 18.1 Å². The zero-order chi connectivity index (χ0) is 27.4. The molecule has 1 fully saturated rings. The first-order valence-corrected chi connectivity index (χ1v) is 13.1. The van der Waals surface area contributed by atoms with Crippen LogP contribution in [0.2, 0.25) is 5.02 Å². The van der Waals surface area contributed by atoms with E-state index in [2.05, 4.69) is 10.1 Å². The molecule has 0 radical (unpaired) electrons. The van der Waals surface area contributed by atoms with Gasteiger partial charge >= 0.3 is 0 Å². The molecule has 39 heavy (non-hydrogen) atoms. The molecular weight excluding hydrogens is 522 g/mol. The highest BCUT2D eigenvalue weighted by Gasteiger charge is 2.22. The van der Waals surface area contributed by atoms with Crippen molar-refractivity contribution in [3.63, 3.8) is 0 Å². The van der Waals surface area contributed by atoms with Gasteiger partial charge in [-0.2, -0.15) is 9.78 Å². The lowest BCUT2D eigenvalue weighted by molar-refractivity contribution is -0.385. The number of benzene rings is 2. The molecule has 11 heteroatoms. The van der Waals surface area contributed by atoms with Crippen molar-refractivity contribution in [1.29, 1.82) is 0 Å². The quantitative estimate of drug-likeness (QED) is 0.141. The largest absolute Gasteiger partial charge is 0.490 e. The Hall–Kier alpha value is -4.31. The molecule has 1 aliphatic carbocycles. The average molecular weight is 548 g/mol. The van der Waals surface area contributed by atoms with Gasteiger partial charge in [0.15, 0.2) is 11.5 Å². The first-order valence-electron chi connectivity index (χ1n) is 12.7. The van der Waals surface area contributed by atoms with Crippen molar-refractivity contribution in [3.05, 3.63) is 91.6 Å². The Morgan fingerprint density at radius 3 is 2.69 bits per heavy atom. The minimum absolute atomic E-state index is 0.121. The number of nitro groups is 1. The summed E-state index contributed by atoms with van der Waals surface area (Å²) in [5, 5.41) is 16.2. The summed E-state index contributed by atoms with van der Waals surface area (Å²) in [5.41, 5.74) is 0.869. The Labute approximate surface area is 229 Å². The molecule has 0 bridgehead atoms. The van der Waals surface area contributed by atoms with Gasteiger partial charge in [0.25, 0.3) is 11.2 Å². The molecule has 0 aliphatic heterocycles. The zero-order valence-corrected chi connectivity index (χ0v) is 22.0. The molecule has 0 amide bonds. The normalized spacial score (nSPS) is 14.1. The maximum atomic E-state index is 13.5. The predicted octanol–water partition coefficient (Wildman–Crippen LogP) is 6.47. The number of rotatable bonds is 8. The second-order valence-electron chi connectivity index (χ2n) is 9.16. The minimum Gasteiger partial charge on any atom is -0.490 e. The molecule has 0 spiro atoms. The minimum atomic E-state index is -0.542. The summed E-state index contributed by atoms with van der Waals surface area (Å²) in [6, 6.07) is 13.3. The van der Waals surface area contributed by atoms with E-state index in [9.17, 15) is 14.9 Å². The van der Waals surface area contributed by atoms with Gasteiger partial charge in [0.1, 0.15) is 12.0 Å². The van der Waals surface area contributed by atoms with Gasteiger partial charge < -0.3 is 9.47 Å². The molecule has 1 saturated carbocycles. The Morgan fingerprint density at radius 2 is 1.97 bits per heavy atom. The van der Waals surface area contributed by atoms with Crippen molar-refractivity contribution >= 4 is 34.4 Å². The van der Waals surface area contributed by atoms with E-state index in [1.165, 1.54) is 23.2 Å². The van der Waals surface area contributed by atoms with Crippen molar-refractivity contribution in [3.8, 4) is 17.4 Å². The molecule has 0 saturated heterocycles. The second-order valence-corrected chi connectivity index (χ2v) is 9.57. The third-order valence-corrected chi connectivity index (χ3v) is 6.82. The van der Waals surface area contributed by atoms with Crippen molar-refractivity contribution < 1.29 is 14.4 Å². The number of hydrogen-bond acceptors (Lipinski definition) is 8. The van der Waals surface area contributed by atoms with Gasteiger partial charge in [-0.15, -0.1) is 0 Å². The molecule has 1 aliphatic rings. The van der Waals surface area contributed by atoms with E-state index < -0.39 is 4.92 Å². The van der Waals surface area contributed by atoms with Gasteiger partial charge in [-0.1, -0.05) is 43.0 Å². The van der Waals surface area contributed by atoms with Crippen LogP contribution < -0.4 is 15.0 Å². The summed E-state index contributed by atoms with van der Waals surface area (Å²) in [6.45, 7) is 2.15. The Kier molecular flexibility index (Phi) is 7.83. The third-order valence-electron chi connectivity index (χ3n) is 6.54. The fraction of sp³-hybridized carbons (Fsp3) is 0.286.